The van der Waals surface area contributed by atoms with Gasteiger partial charge in [-0.1, -0.05) is 6.07 Å². The van der Waals surface area contributed by atoms with Crippen LogP contribution in [0.4, 0.5) is 23.5 Å². The van der Waals surface area contributed by atoms with Crippen molar-refractivity contribution in [2.24, 2.45) is 0 Å². The minimum atomic E-state index is -3.32. The van der Waals surface area contributed by atoms with Crippen LogP contribution in [0.25, 0.3) is 11.0 Å². The van der Waals surface area contributed by atoms with E-state index in [9.17, 15) is 22.4 Å². The fraction of sp³-hybridized carbons (Fsp3) is 0.389. The number of fused-ring (bicyclic) bond motifs is 1. The van der Waals surface area contributed by atoms with E-state index in [4.69, 9.17) is 0 Å². The third kappa shape index (κ3) is 3.34. The van der Waals surface area contributed by atoms with Gasteiger partial charge in [0.05, 0.1) is 11.6 Å². The molecule has 1 atom stereocenters. The van der Waals surface area contributed by atoms with Crippen molar-refractivity contribution in [2.45, 2.75) is 32.5 Å². The zero-order valence-electron chi connectivity index (χ0n) is 15.7. The van der Waals surface area contributed by atoms with Crippen molar-refractivity contribution in [3.05, 3.63) is 51.2 Å². The third-order valence-corrected chi connectivity index (χ3v) is 4.49. The molecule has 1 N–H and O–H groups in total. The van der Waals surface area contributed by atoms with Gasteiger partial charge in [-0.3, -0.25) is 9.78 Å². The topological polar surface area (TPSA) is 66.8 Å². The zero-order valence-corrected chi connectivity index (χ0v) is 15.7. The van der Waals surface area contributed by atoms with Gasteiger partial charge in [0.1, 0.15) is 23.6 Å². The number of rotatable bonds is 5. The second-order valence-electron chi connectivity index (χ2n) is 6.81. The Labute approximate surface area is 157 Å². The van der Waals surface area contributed by atoms with E-state index in [1.54, 1.807) is 25.9 Å². The summed E-state index contributed by atoms with van der Waals surface area (Å²) in [6.07, 6.45) is 0. The van der Waals surface area contributed by atoms with E-state index in [0.29, 0.717) is 12.5 Å². The molecule has 150 valence electrons. The lowest BCUT2D eigenvalue weighted by Crippen LogP contribution is -2.20. The zero-order chi connectivity index (χ0) is 20.8. The minimum absolute atomic E-state index is 0.00265. The van der Waals surface area contributed by atoms with Gasteiger partial charge in [0.2, 0.25) is 5.95 Å². The average Bonchev–Trinajstić information content (AvgIpc) is 2.99. The Morgan fingerprint density at radius 1 is 1.32 bits per heavy atom. The van der Waals surface area contributed by atoms with Crippen LogP contribution in [-0.4, -0.2) is 33.8 Å². The van der Waals surface area contributed by atoms with Crippen LogP contribution >= 0.6 is 0 Å². The third-order valence-electron chi connectivity index (χ3n) is 4.49. The smallest absolute Gasteiger partial charge is 0.273 e. The Kier molecular flexibility index (Phi) is 4.90. The number of aromatic nitrogens is 4. The van der Waals surface area contributed by atoms with Gasteiger partial charge in [-0.15, -0.1) is 0 Å². The number of aromatic amines is 1. The van der Waals surface area contributed by atoms with Crippen molar-refractivity contribution in [1.29, 1.82) is 0 Å². The molecule has 0 aliphatic heterocycles. The number of benzene rings is 1. The van der Waals surface area contributed by atoms with Crippen LogP contribution in [-0.2, 0) is 12.6 Å². The van der Waals surface area contributed by atoms with Crippen molar-refractivity contribution >= 4 is 17.0 Å². The fourth-order valence-corrected chi connectivity index (χ4v) is 2.97. The molecule has 2 aromatic heterocycles. The number of anilines is 1. The first-order valence-corrected chi connectivity index (χ1v) is 8.47. The lowest BCUT2D eigenvalue weighted by atomic mass is 10.0. The number of hydrogen-bond acceptors (Lipinski definition) is 4. The molecular formula is C18H19F4N5O. The first kappa shape index (κ1) is 19.8. The highest BCUT2D eigenvalue weighted by molar-refractivity contribution is 5.78. The van der Waals surface area contributed by atoms with Gasteiger partial charge in [-0.25, -0.2) is 22.2 Å². The SMILES string of the molecule is CC(c1ccc(C(C)(F)F)c(F)c1)n1nc(CF)c2c(=O)[nH]c(N(C)C)nc21. The Balaban J connectivity index is 2.18. The highest BCUT2D eigenvalue weighted by Crippen LogP contribution is 2.32. The molecule has 0 fully saturated rings. The van der Waals surface area contributed by atoms with Crippen LogP contribution in [0, 0.1) is 5.82 Å². The molecule has 28 heavy (non-hydrogen) atoms. The summed E-state index contributed by atoms with van der Waals surface area (Å²) in [6.45, 7) is 1.25. The molecule has 0 aliphatic rings. The summed E-state index contributed by atoms with van der Waals surface area (Å²) in [7, 11) is 3.34. The molecule has 6 nitrogen and oxygen atoms in total. The first-order chi connectivity index (χ1) is 13.0. The number of H-pyrrole nitrogens is 1. The molecule has 0 aliphatic carbocycles. The van der Waals surface area contributed by atoms with Gasteiger partial charge in [0.15, 0.2) is 5.65 Å². The van der Waals surface area contributed by atoms with Crippen LogP contribution < -0.4 is 10.5 Å². The van der Waals surface area contributed by atoms with E-state index in [-0.39, 0.29) is 22.7 Å². The summed E-state index contributed by atoms with van der Waals surface area (Å²) in [5.74, 6) is -4.14. The monoisotopic (exact) mass is 397 g/mol. The molecule has 3 rings (SSSR count). The van der Waals surface area contributed by atoms with Crippen LogP contribution in [0.15, 0.2) is 23.0 Å². The summed E-state index contributed by atoms with van der Waals surface area (Å²) in [6, 6.07) is 2.67. The Morgan fingerprint density at radius 3 is 2.54 bits per heavy atom. The number of alkyl halides is 3. The van der Waals surface area contributed by atoms with Gasteiger partial charge in [0.25, 0.3) is 11.5 Å². The van der Waals surface area contributed by atoms with Gasteiger partial charge in [0, 0.05) is 21.0 Å². The van der Waals surface area contributed by atoms with Crippen molar-refractivity contribution < 1.29 is 17.6 Å². The minimum Gasteiger partial charge on any atom is -0.348 e. The van der Waals surface area contributed by atoms with E-state index < -0.39 is 35.6 Å². The molecule has 1 aromatic carbocycles. The highest BCUT2D eigenvalue weighted by Gasteiger charge is 2.29. The summed E-state index contributed by atoms with van der Waals surface area (Å²) >= 11 is 0. The molecule has 0 spiro atoms. The van der Waals surface area contributed by atoms with E-state index in [1.807, 2.05) is 0 Å². The van der Waals surface area contributed by atoms with E-state index >= 15 is 0 Å². The number of hydrogen-bond donors (Lipinski definition) is 1. The number of nitrogens with one attached hydrogen (secondary N) is 1. The molecule has 0 radical (unpaired) electrons. The van der Waals surface area contributed by atoms with Crippen molar-refractivity contribution in [3.8, 4) is 0 Å². The van der Waals surface area contributed by atoms with Gasteiger partial charge < -0.3 is 4.90 Å². The molecule has 3 aromatic rings. The van der Waals surface area contributed by atoms with Crippen LogP contribution in [0.1, 0.15) is 36.7 Å². The Morgan fingerprint density at radius 2 is 2.00 bits per heavy atom. The summed E-state index contributed by atoms with van der Waals surface area (Å²) in [5.41, 5.74) is -0.917. The fourth-order valence-electron chi connectivity index (χ4n) is 2.97. The number of halogens is 4. The standard InChI is InChI=1S/C18H19F4N5O/c1-9(10-5-6-11(12(20)7-10)18(2,21)22)27-15-14(13(8-19)25-27)16(28)24-17(23-15)26(3)4/h5-7,9H,8H2,1-4H3,(H,23,24,28). The normalized spacial score (nSPS) is 13.1. The predicted octanol–water partition coefficient (Wildman–Crippen LogP) is 3.52. The van der Waals surface area contributed by atoms with Gasteiger partial charge >= 0.3 is 0 Å². The van der Waals surface area contributed by atoms with Gasteiger partial charge in [-0.05, 0) is 24.6 Å². The first-order valence-electron chi connectivity index (χ1n) is 8.47. The van der Waals surface area contributed by atoms with E-state index in [2.05, 4.69) is 15.1 Å². The number of nitrogens with zero attached hydrogens (tertiary/aromatic N) is 4. The molecule has 2 heterocycles. The van der Waals surface area contributed by atoms with E-state index in [0.717, 1.165) is 12.1 Å². The maximum Gasteiger partial charge on any atom is 0.273 e. The predicted molar refractivity (Wildman–Crippen MR) is 97.1 cm³/mol. The molecule has 0 saturated carbocycles. The largest absolute Gasteiger partial charge is 0.348 e. The average molecular weight is 397 g/mol. The molecule has 0 amide bonds. The van der Waals surface area contributed by atoms with E-state index in [1.165, 1.54) is 10.7 Å². The summed E-state index contributed by atoms with van der Waals surface area (Å²) < 4.78 is 55.8. The van der Waals surface area contributed by atoms with Crippen LogP contribution in [0.5, 0.6) is 0 Å². The molecule has 0 bridgehead atoms. The van der Waals surface area contributed by atoms with Crippen LogP contribution in [0.3, 0.4) is 0 Å². The lowest BCUT2D eigenvalue weighted by Gasteiger charge is -2.17. The van der Waals surface area contributed by atoms with Crippen molar-refractivity contribution in [2.75, 3.05) is 19.0 Å². The highest BCUT2D eigenvalue weighted by atomic mass is 19.3. The van der Waals surface area contributed by atoms with Crippen molar-refractivity contribution in [3.63, 3.8) is 0 Å². The second-order valence-corrected chi connectivity index (χ2v) is 6.81. The maximum absolute atomic E-state index is 14.2. The lowest BCUT2D eigenvalue weighted by molar-refractivity contribution is 0.0137. The Bertz CT molecular complexity index is 1080. The summed E-state index contributed by atoms with van der Waals surface area (Å²) in [4.78, 5) is 20.8. The van der Waals surface area contributed by atoms with Crippen LogP contribution in [0.2, 0.25) is 0 Å². The quantitative estimate of drug-likeness (QED) is 0.669. The van der Waals surface area contributed by atoms with Crippen molar-refractivity contribution in [1.82, 2.24) is 19.7 Å². The molecular weight excluding hydrogens is 378 g/mol. The molecule has 1 unspecified atom stereocenters. The Hall–Kier alpha value is -2.91. The molecule has 10 heteroatoms. The van der Waals surface area contributed by atoms with Gasteiger partial charge in [-0.2, -0.15) is 10.1 Å². The molecule has 0 saturated heterocycles. The summed E-state index contributed by atoms with van der Waals surface area (Å²) in [5, 5.41) is 4.11. The second kappa shape index (κ2) is 6.92. The maximum atomic E-state index is 14.2.